The highest BCUT2D eigenvalue weighted by Gasteiger charge is 2.14. The molecule has 3 heteroatoms. The van der Waals surface area contributed by atoms with Crippen molar-refractivity contribution in [2.45, 2.75) is 33.2 Å². The largest absolute Gasteiger partial charge is 0.464 e. The third-order valence-corrected chi connectivity index (χ3v) is 3.01. The van der Waals surface area contributed by atoms with Gasteiger partial charge in [0.2, 0.25) is 0 Å². The van der Waals surface area contributed by atoms with Gasteiger partial charge in [-0.15, -0.1) is 0 Å². The molecule has 0 aromatic heterocycles. The number of esters is 1. The summed E-state index contributed by atoms with van der Waals surface area (Å²) in [6.45, 7) is 5.98. The van der Waals surface area contributed by atoms with E-state index in [0.717, 1.165) is 19.4 Å². The SMILES string of the molecule is CCC(CC)C(=O)OCCNCc1ccccc1. The minimum absolute atomic E-state index is 0.0547. The van der Waals surface area contributed by atoms with Crippen LogP contribution in [0.1, 0.15) is 32.3 Å². The fourth-order valence-corrected chi connectivity index (χ4v) is 1.79. The molecule has 0 amide bonds. The number of carbonyl (C=O) groups is 1. The van der Waals surface area contributed by atoms with E-state index in [2.05, 4.69) is 17.4 Å². The van der Waals surface area contributed by atoms with Crippen LogP contribution in [0.15, 0.2) is 30.3 Å². The third-order valence-electron chi connectivity index (χ3n) is 3.01. The molecule has 0 aliphatic rings. The average molecular weight is 249 g/mol. The summed E-state index contributed by atoms with van der Waals surface area (Å²) in [7, 11) is 0. The molecule has 0 atom stereocenters. The zero-order valence-corrected chi connectivity index (χ0v) is 11.3. The highest BCUT2D eigenvalue weighted by molar-refractivity contribution is 5.72. The summed E-state index contributed by atoms with van der Waals surface area (Å²) in [6, 6.07) is 10.2. The van der Waals surface area contributed by atoms with Gasteiger partial charge in [0.1, 0.15) is 6.61 Å². The molecule has 0 saturated carbocycles. The van der Waals surface area contributed by atoms with Crippen LogP contribution in [-0.2, 0) is 16.1 Å². The number of rotatable bonds is 8. The first kappa shape index (κ1) is 14.7. The Kier molecular flexibility index (Phi) is 7.11. The van der Waals surface area contributed by atoms with E-state index in [1.807, 2.05) is 32.0 Å². The summed E-state index contributed by atoms with van der Waals surface area (Å²) in [5, 5.41) is 3.25. The molecular formula is C15H23NO2. The Morgan fingerprint density at radius 1 is 1.22 bits per heavy atom. The van der Waals surface area contributed by atoms with Crippen LogP contribution in [0, 0.1) is 5.92 Å². The maximum absolute atomic E-state index is 11.6. The smallest absolute Gasteiger partial charge is 0.308 e. The summed E-state index contributed by atoms with van der Waals surface area (Å²) in [5.74, 6) is -0.0133. The molecule has 0 bridgehead atoms. The molecule has 0 saturated heterocycles. The van der Waals surface area contributed by atoms with Gasteiger partial charge in [0.15, 0.2) is 0 Å². The molecule has 18 heavy (non-hydrogen) atoms. The maximum Gasteiger partial charge on any atom is 0.308 e. The van der Waals surface area contributed by atoms with Crippen LogP contribution in [0.25, 0.3) is 0 Å². The number of hydrogen-bond donors (Lipinski definition) is 1. The van der Waals surface area contributed by atoms with E-state index in [-0.39, 0.29) is 11.9 Å². The first-order valence-electron chi connectivity index (χ1n) is 6.69. The zero-order valence-electron chi connectivity index (χ0n) is 11.3. The lowest BCUT2D eigenvalue weighted by Crippen LogP contribution is -2.24. The Hall–Kier alpha value is -1.35. The minimum Gasteiger partial charge on any atom is -0.464 e. The van der Waals surface area contributed by atoms with Crippen molar-refractivity contribution >= 4 is 5.97 Å². The monoisotopic (exact) mass is 249 g/mol. The second kappa shape index (κ2) is 8.70. The fraction of sp³-hybridized carbons (Fsp3) is 0.533. The fourth-order valence-electron chi connectivity index (χ4n) is 1.79. The van der Waals surface area contributed by atoms with E-state index in [1.165, 1.54) is 5.56 Å². The minimum atomic E-state index is -0.0680. The van der Waals surface area contributed by atoms with Gasteiger partial charge < -0.3 is 10.1 Å². The summed E-state index contributed by atoms with van der Waals surface area (Å²) in [6.07, 6.45) is 1.71. The predicted octanol–water partition coefficient (Wildman–Crippen LogP) is 2.76. The summed E-state index contributed by atoms with van der Waals surface area (Å²) < 4.78 is 5.22. The molecule has 3 nitrogen and oxygen atoms in total. The molecule has 0 radical (unpaired) electrons. The van der Waals surface area contributed by atoms with Gasteiger partial charge in [-0.2, -0.15) is 0 Å². The highest BCUT2D eigenvalue weighted by atomic mass is 16.5. The van der Waals surface area contributed by atoms with Crippen LogP contribution in [0.3, 0.4) is 0 Å². The van der Waals surface area contributed by atoms with Gasteiger partial charge in [-0.05, 0) is 18.4 Å². The molecule has 1 N–H and O–H groups in total. The topological polar surface area (TPSA) is 38.3 Å². The van der Waals surface area contributed by atoms with E-state index < -0.39 is 0 Å². The van der Waals surface area contributed by atoms with Crippen molar-refractivity contribution < 1.29 is 9.53 Å². The second-order valence-corrected chi connectivity index (χ2v) is 4.34. The van der Waals surface area contributed by atoms with E-state index in [0.29, 0.717) is 13.2 Å². The molecule has 0 unspecified atom stereocenters. The summed E-state index contributed by atoms with van der Waals surface area (Å²) in [5.41, 5.74) is 1.24. The molecule has 100 valence electrons. The number of hydrogen-bond acceptors (Lipinski definition) is 3. The zero-order chi connectivity index (χ0) is 13.2. The number of nitrogens with one attached hydrogen (secondary N) is 1. The van der Waals surface area contributed by atoms with Crippen LogP contribution >= 0.6 is 0 Å². The number of benzene rings is 1. The van der Waals surface area contributed by atoms with Gasteiger partial charge in [0.05, 0.1) is 5.92 Å². The van der Waals surface area contributed by atoms with Crippen LogP contribution in [-0.4, -0.2) is 19.1 Å². The lowest BCUT2D eigenvalue weighted by Gasteiger charge is -2.12. The molecule has 0 aliphatic carbocycles. The van der Waals surface area contributed by atoms with Crippen molar-refractivity contribution in [3.05, 3.63) is 35.9 Å². The van der Waals surface area contributed by atoms with Crippen LogP contribution in [0.2, 0.25) is 0 Å². The summed E-state index contributed by atoms with van der Waals surface area (Å²) >= 11 is 0. The Balaban J connectivity index is 2.10. The third kappa shape index (κ3) is 5.32. The van der Waals surface area contributed by atoms with Crippen LogP contribution < -0.4 is 5.32 Å². The first-order chi connectivity index (χ1) is 8.77. The van der Waals surface area contributed by atoms with Gasteiger partial charge in [0, 0.05) is 13.1 Å². The number of ether oxygens (including phenoxy) is 1. The molecule has 0 spiro atoms. The van der Waals surface area contributed by atoms with Gasteiger partial charge in [-0.25, -0.2) is 0 Å². The molecule has 1 rings (SSSR count). The van der Waals surface area contributed by atoms with Gasteiger partial charge in [-0.1, -0.05) is 44.2 Å². The standard InChI is InChI=1S/C15H23NO2/c1-3-14(4-2)15(17)18-11-10-16-12-13-8-6-5-7-9-13/h5-9,14,16H,3-4,10-12H2,1-2H3. The van der Waals surface area contributed by atoms with Crippen molar-refractivity contribution in [3.8, 4) is 0 Å². The van der Waals surface area contributed by atoms with E-state index in [9.17, 15) is 4.79 Å². The Morgan fingerprint density at radius 3 is 2.50 bits per heavy atom. The first-order valence-corrected chi connectivity index (χ1v) is 6.69. The van der Waals surface area contributed by atoms with Gasteiger partial charge in [-0.3, -0.25) is 4.79 Å². The molecule has 0 fully saturated rings. The highest BCUT2D eigenvalue weighted by Crippen LogP contribution is 2.09. The van der Waals surface area contributed by atoms with Gasteiger partial charge in [0.25, 0.3) is 0 Å². The van der Waals surface area contributed by atoms with Crippen molar-refractivity contribution in [2.24, 2.45) is 5.92 Å². The lowest BCUT2D eigenvalue weighted by atomic mass is 10.0. The Bertz CT molecular complexity index is 334. The normalized spacial score (nSPS) is 10.6. The van der Waals surface area contributed by atoms with Crippen molar-refractivity contribution in [3.63, 3.8) is 0 Å². The van der Waals surface area contributed by atoms with E-state index >= 15 is 0 Å². The Labute approximate surface area is 110 Å². The molecule has 0 heterocycles. The average Bonchev–Trinajstić information content (AvgIpc) is 2.41. The molecule has 1 aromatic carbocycles. The van der Waals surface area contributed by atoms with E-state index in [4.69, 9.17) is 4.74 Å². The second-order valence-electron chi connectivity index (χ2n) is 4.34. The van der Waals surface area contributed by atoms with Crippen molar-refractivity contribution in [1.82, 2.24) is 5.32 Å². The van der Waals surface area contributed by atoms with Crippen molar-refractivity contribution in [1.29, 1.82) is 0 Å². The molecule has 1 aromatic rings. The molecule has 0 aliphatic heterocycles. The van der Waals surface area contributed by atoms with Crippen LogP contribution in [0.5, 0.6) is 0 Å². The van der Waals surface area contributed by atoms with Crippen molar-refractivity contribution in [2.75, 3.05) is 13.2 Å². The van der Waals surface area contributed by atoms with Gasteiger partial charge >= 0.3 is 5.97 Å². The van der Waals surface area contributed by atoms with Crippen LogP contribution in [0.4, 0.5) is 0 Å². The number of carbonyl (C=O) groups excluding carboxylic acids is 1. The predicted molar refractivity (Wildman–Crippen MR) is 73.2 cm³/mol. The van der Waals surface area contributed by atoms with E-state index in [1.54, 1.807) is 0 Å². The molecular weight excluding hydrogens is 226 g/mol. The quantitative estimate of drug-likeness (QED) is 0.568. The Morgan fingerprint density at radius 2 is 1.89 bits per heavy atom. The maximum atomic E-state index is 11.6. The summed E-state index contributed by atoms with van der Waals surface area (Å²) in [4.78, 5) is 11.6. The lowest BCUT2D eigenvalue weighted by molar-refractivity contribution is -0.148.